The van der Waals surface area contributed by atoms with E-state index in [1.165, 1.54) is 7.11 Å². The van der Waals surface area contributed by atoms with Crippen molar-refractivity contribution in [2.24, 2.45) is 0 Å². The SMILES string of the molecule is CCC(=O)CCCCCCc1nc(-c2cc3ccccc3nc2OC)c(F)[nH]1. The molecule has 3 aromatic rings. The number of unbranched alkanes of at least 4 members (excludes halogenated alkanes) is 3. The first-order chi connectivity index (χ1) is 13.6. The van der Waals surface area contributed by atoms with Gasteiger partial charge in [-0.3, -0.25) is 4.79 Å². The lowest BCUT2D eigenvalue weighted by molar-refractivity contribution is -0.118. The zero-order valence-corrected chi connectivity index (χ0v) is 16.4. The molecule has 0 amide bonds. The molecular weight excluding hydrogens is 357 g/mol. The third-order valence-electron chi connectivity index (χ3n) is 4.86. The van der Waals surface area contributed by atoms with Gasteiger partial charge in [-0.05, 0) is 25.0 Å². The van der Waals surface area contributed by atoms with Crippen LogP contribution in [0.15, 0.2) is 30.3 Å². The largest absolute Gasteiger partial charge is 0.480 e. The Morgan fingerprint density at radius 3 is 2.71 bits per heavy atom. The number of halogens is 1. The maximum Gasteiger partial charge on any atom is 0.223 e. The van der Waals surface area contributed by atoms with Crippen molar-refractivity contribution in [2.45, 2.75) is 51.9 Å². The number of imidazole rings is 1. The number of carbonyl (C=O) groups excluding carboxylic acids is 1. The summed E-state index contributed by atoms with van der Waals surface area (Å²) in [4.78, 5) is 23.0. The van der Waals surface area contributed by atoms with Crippen LogP contribution in [0.25, 0.3) is 22.2 Å². The fraction of sp³-hybridized carbons (Fsp3) is 0.409. The second kappa shape index (κ2) is 9.44. The van der Waals surface area contributed by atoms with Gasteiger partial charge < -0.3 is 9.72 Å². The van der Waals surface area contributed by atoms with Gasteiger partial charge in [0, 0.05) is 24.6 Å². The number of aromatic nitrogens is 3. The Morgan fingerprint density at radius 1 is 1.14 bits per heavy atom. The number of hydrogen-bond donors (Lipinski definition) is 1. The van der Waals surface area contributed by atoms with E-state index in [0.29, 0.717) is 42.3 Å². The number of pyridine rings is 1. The lowest BCUT2D eigenvalue weighted by Gasteiger charge is -2.07. The Morgan fingerprint density at radius 2 is 1.93 bits per heavy atom. The van der Waals surface area contributed by atoms with Gasteiger partial charge in [-0.1, -0.05) is 38.0 Å². The van der Waals surface area contributed by atoms with E-state index in [-0.39, 0.29) is 5.69 Å². The number of methoxy groups -OCH3 is 1. The minimum atomic E-state index is -0.473. The number of fused-ring (bicyclic) bond motifs is 1. The molecule has 0 saturated heterocycles. The molecule has 0 saturated carbocycles. The van der Waals surface area contributed by atoms with Gasteiger partial charge in [0.1, 0.15) is 17.3 Å². The molecule has 2 aromatic heterocycles. The van der Waals surface area contributed by atoms with E-state index in [4.69, 9.17) is 4.74 Å². The molecule has 28 heavy (non-hydrogen) atoms. The molecule has 0 fully saturated rings. The van der Waals surface area contributed by atoms with Crippen molar-refractivity contribution in [1.29, 1.82) is 0 Å². The van der Waals surface area contributed by atoms with Crippen molar-refractivity contribution >= 4 is 16.7 Å². The van der Waals surface area contributed by atoms with Crippen LogP contribution in [0.3, 0.4) is 0 Å². The summed E-state index contributed by atoms with van der Waals surface area (Å²) in [5.74, 6) is 0.818. The highest BCUT2D eigenvalue weighted by Gasteiger charge is 2.18. The fourth-order valence-corrected chi connectivity index (χ4v) is 3.26. The van der Waals surface area contributed by atoms with Crippen molar-refractivity contribution in [3.63, 3.8) is 0 Å². The number of aromatic amines is 1. The molecule has 1 N–H and O–H groups in total. The number of nitrogens with one attached hydrogen (secondary N) is 1. The number of ether oxygens (including phenoxy) is 1. The normalized spacial score (nSPS) is 11.1. The molecule has 0 radical (unpaired) electrons. The molecular formula is C22H26FN3O2. The zero-order chi connectivity index (χ0) is 19.9. The van der Waals surface area contributed by atoms with Crippen molar-refractivity contribution in [3.8, 4) is 17.1 Å². The number of H-pyrrole nitrogens is 1. The molecule has 3 rings (SSSR count). The van der Waals surface area contributed by atoms with Crippen LogP contribution >= 0.6 is 0 Å². The Balaban J connectivity index is 1.67. The molecule has 5 nitrogen and oxygen atoms in total. The smallest absolute Gasteiger partial charge is 0.223 e. The number of rotatable bonds is 10. The summed E-state index contributed by atoms with van der Waals surface area (Å²) in [6.07, 6.45) is 5.76. The van der Waals surface area contributed by atoms with Crippen LogP contribution in [-0.4, -0.2) is 27.8 Å². The predicted molar refractivity (Wildman–Crippen MR) is 108 cm³/mol. The average molecular weight is 383 g/mol. The van der Waals surface area contributed by atoms with E-state index in [1.807, 2.05) is 37.3 Å². The van der Waals surface area contributed by atoms with Crippen LogP contribution in [0.4, 0.5) is 4.39 Å². The lowest BCUT2D eigenvalue weighted by Crippen LogP contribution is -1.95. The number of Topliss-reactive ketones (excluding diaryl/α,β-unsaturated/α-hetero) is 1. The number of carbonyl (C=O) groups is 1. The first kappa shape index (κ1) is 20.0. The topological polar surface area (TPSA) is 67.9 Å². The Labute approximate surface area is 164 Å². The van der Waals surface area contributed by atoms with E-state index in [2.05, 4.69) is 15.0 Å². The van der Waals surface area contributed by atoms with Gasteiger partial charge in [0.25, 0.3) is 0 Å². The number of nitrogens with zero attached hydrogens (tertiary/aromatic N) is 2. The molecule has 6 heteroatoms. The number of hydrogen-bond acceptors (Lipinski definition) is 4. The van der Waals surface area contributed by atoms with Crippen molar-refractivity contribution in [2.75, 3.05) is 7.11 Å². The Bertz CT molecular complexity index is 952. The second-order valence-electron chi connectivity index (χ2n) is 6.89. The molecule has 2 heterocycles. The first-order valence-corrected chi connectivity index (χ1v) is 9.82. The van der Waals surface area contributed by atoms with Crippen LogP contribution in [-0.2, 0) is 11.2 Å². The van der Waals surface area contributed by atoms with Crippen LogP contribution in [0.1, 0.15) is 51.3 Å². The van der Waals surface area contributed by atoms with E-state index in [0.717, 1.165) is 36.6 Å². The maximum absolute atomic E-state index is 14.5. The summed E-state index contributed by atoms with van der Waals surface area (Å²) in [5, 5.41) is 0.906. The monoisotopic (exact) mass is 383 g/mol. The first-order valence-electron chi connectivity index (χ1n) is 9.82. The van der Waals surface area contributed by atoms with Crippen LogP contribution in [0.2, 0.25) is 0 Å². The van der Waals surface area contributed by atoms with Crippen molar-refractivity contribution in [3.05, 3.63) is 42.1 Å². The molecule has 148 valence electrons. The van der Waals surface area contributed by atoms with Crippen molar-refractivity contribution < 1.29 is 13.9 Å². The van der Waals surface area contributed by atoms with Crippen LogP contribution in [0, 0.1) is 5.95 Å². The Hall–Kier alpha value is -2.76. The molecule has 0 aliphatic rings. The maximum atomic E-state index is 14.5. The van der Waals surface area contributed by atoms with E-state index in [1.54, 1.807) is 0 Å². The van der Waals surface area contributed by atoms with Gasteiger partial charge in [0.15, 0.2) is 0 Å². The van der Waals surface area contributed by atoms with E-state index < -0.39 is 5.95 Å². The van der Waals surface area contributed by atoms with E-state index in [9.17, 15) is 9.18 Å². The summed E-state index contributed by atoms with van der Waals surface area (Å²) < 4.78 is 19.9. The fourth-order valence-electron chi connectivity index (χ4n) is 3.26. The number of para-hydroxylation sites is 1. The Kier molecular flexibility index (Phi) is 6.74. The minimum absolute atomic E-state index is 0.235. The highest BCUT2D eigenvalue weighted by atomic mass is 19.1. The molecule has 0 atom stereocenters. The highest BCUT2D eigenvalue weighted by molar-refractivity contribution is 5.85. The van der Waals surface area contributed by atoms with Crippen LogP contribution in [0.5, 0.6) is 5.88 Å². The molecule has 0 unspecified atom stereocenters. The van der Waals surface area contributed by atoms with E-state index >= 15 is 0 Å². The molecule has 0 bridgehead atoms. The number of aryl methyl sites for hydroxylation is 1. The highest BCUT2D eigenvalue weighted by Crippen LogP contribution is 2.32. The van der Waals surface area contributed by atoms with Gasteiger partial charge >= 0.3 is 0 Å². The molecule has 0 aliphatic carbocycles. The third kappa shape index (κ3) is 4.74. The van der Waals surface area contributed by atoms with Gasteiger partial charge in [0.2, 0.25) is 11.8 Å². The van der Waals surface area contributed by atoms with Gasteiger partial charge in [0.05, 0.1) is 18.2 Å². The lowest BCUT2D eigenvalue weighted by atomic mass is 10.1. The third-order valence-corrected chi connectivity index (χ3v) is 4.86. The standard InChI is InChI=1S/C22H26FN3O2/c1-3-16(27)11-6-4-5-7-13-19-25-20(21(23)26-19)17-14-15-10-8-9-12-18(15)24-22(17)28-2/h8-10,12,14H,3-7,11,13H2,1-2H3,(H,25,26). The molecule has 0 spiro atoms. The summed E-state index contributed by atoms with van der Waals surface area (Å²) in [6.45, 7) is 1.89. The van der Waals surface area contributed by atoms with Gasteiger partial charge in [-0.2, -0.15) is 4.39 Å². The van der Waals surface area contributed by atoms with Gasteiger partial charge in [-0.15, -0.1) is 0 Å². The summed E-state index contributed by atoms with van der Waals surface area (Å²) >= 11 is 0. The zero-order valence-electron chi connectivity index (χ0n) is 16.4. The minimum Gasteiger partial charge on any atom is -0.480 e. The number of ketones is 1. The number of benzene rings is 1. The summed E-state index contributed by atoms with van der Waals surface area (Å²) in [7, 11) is 1.52. The van der Waals surface area contributed by atoms with Crippen LogP contribution < -0.4 is 4.74 Å². The molecule has 0 aliphatic heterocycles. The van der Waals surface area contributed by atoms with Gasteiger partial charge in [-0.25, -0.2) is 9.97 Å². The quantitative estimate of drug-likeness (QED) is 0.486. The molecule has 1 aromatic carbocycles. The second-order valence-corrected chi connectivity index (χ2v) is 6.89. The summed E-state index contributed by atoms with van der Waals surface area (Å²) in [6, 6.07) is 9.50. The predicted octanol–water partition coefficient (Wildman–Crippen LogP) is 5.24. The average Bonchev–Trinajstić information content (AvgIpc) is 3.09. The van der Waals surface area contributed by atoms with Crippen molar-refractivity contribution in [1.82, 2.24) is 15.0 Å². The summed E-state index contributed by atoms with van der Waals surface area (Å²) in [5.41, 5.74) is 1.57.